The number of hydrogen-bond acceptors (Lipinski definition) is 5. The number of rotatable bonds is 6. The first kappa shape index (κ1) is 10.5. The quantitative estimate of drug-likeness (QED) is 0.524. The summed E-state index contributed by atoms with van der Waals surface area (Å²) in [5, 5.41) is -0.247. The molecule has 0 rings (SSSR count). The van der Waals surface area contributed by atoms with E-state index in [0.717, 1.165) is 0 Å². The third kappa shape index (κ3) is 6.66. The van der Waals surface area contributed by atoms with Crippen LogP contribution in [0, 0.1) is 4.91 Å². The molecule has 0 aliphatic carbocycles. The van der Waals surface area contributed by atoms with E-state index in [4.69, 9.17) is 0 Å². The zero-order valence-corrected chi connectivity index (χ0v) is 6.90. The number of hydrogen-bond donors (Lipinski definition) is 0. The normalized spacial score (nSPS) is 8.83. The highest BCUT2D eigenvalue weighted by Gasteiger charge is 2.14. The van der Waals surface area contributed by atoms with Crippen molar-refractivity contribution in [3.63, 3.8) is 0 Å². The van der Waals surface area contributed by atoms with Gasteiger partial charge in [-0.1, -0.05) is 0 Å². The number of carbonyl (C=O) groups excluding carboxylic acids is 2. The van der Waals surface area contributed by atoms with Gasteiger partial charge in [0.1, 0.15) is 4.91 Å². The molecule has 68 valence electrons. The minimum atomic E-state index is -0.360. The number of carbonyl (C=O) groups is 2. The molecule has 0 spiro atoms. The van der Waals surface area contributed by atoms with Gasteiger partial charge in [-0.05, 0) is 13.8 Å². The van der Waals surface area contributed by atoms with Crippen LogP contribution >= 0.6 is 0 Å². The van der Waals surface area contributed by atoms with Crippen molar-refractivity contribution >= 4 is 11.6 Å². The van der Waals surface area contributed by atoms with Crippen LogP contribution in [-0.4, -0.2) is 29.9 Å². The van der Waals surface area contributed by atoms with Crippen molar-refractivity contribution in [1.82, 2.24) is 0 Å². The van der Waals surface area contributed by atoms with Crippen molar-refractivity contribution < 1.29 is 24.4 Å². The summed E-state index contributed by atoms with van der Waals surface area (Å²) in [5.74, 6) is -0.607. The molecule has 12 heavy (non-hydrogen) atoms. The first-order valence-electron chi connectivity index (χ1n) is 3.24. The number of nitrogens with zero attached hydrogens (tertiary/aromatic N) is 1. The molecular formula is C6H10NO5+. The van der Waals surface area contributed by atoms with Crippen molar-refractivity contribution in [1.29, 1.82) is 0 Å². The lowest BCUT2D eigenvalue weighted by molar-refractivity contribution is -0.977. The predicted octanol–water partition coefficient (Wildman–Crippen LogP) is -0.194. The van der Waals surface area contributed by atoms with Crippen LogP contribution in [0.15, 0.2) is 0 Å². The fraction of sp³-hybridized carbons (Fsp3) is 0.667. The summed E-state index contributed by atoms with van der Waals surface area (Å²) in [6, 6.07) is 0. The van der Waals surface area contributed by atoms with Gasteiger partial charge in [0.25, 0.3) is 0 Å². The summed E-state index contributed by atoms with van der Waals surface area (Å²) >= 11 is 0. The van der Waals surface area contributed by atoms with Gasteiger partial charge in [0, 0.05) is 0 Å². The van der Waals surface area contributed by atoms with Crippen molar-refractivity contribution in [3.8, 4) is 0 Å². The maximum atomic E-state index is 10.4. The molecular weight excluding hydrogens is 166 g/mol. The SMILES string of the molecule is CC(=O)CO[N+](=O)OCC(C)=O. The lowest BCUT2D eigenvalue weighted by Gasteiger charge is -1.89. The zero-order chi connectivity index (χ0) is 9.56. The molecule has 6 heteroatoms. The second-order valence-electron chi connectivity index (χ2n) is 2.17. The Morgan fingerprint density at radius 2 is 1.42 bits per heavy atom. The predicted molar refractivity (Wildman–Crippen MR) is 36.9 cm³/mol. The average molecular weight is 176 g/mol. The Labute approximate surface area is 68.9 Å². The van der Waals surface area contributed by atoms with E-state index >= 15 is 0 Å². The zero-order valence-electron chi connectivity index (χ0n) is 6.90. The van der Waals surface area contributed by atoms with Crippen molar-refractivity contribution in [2.45, 2.75) is 13.8 Å². The van der Waals surface area contributed by atoms with Crippen LogP contribution in [0.25, 0.3) is 0 Å². The minimum Gasteiger partial charge on any atom is -0.296 e. The molecule has 0 N–H and O–H groups in total. The van der Waals surface area contributed by atoms with Gasteiger partial charge in [-0.15, -0.1) is 0 Å². The van der Waals surface area contributed by atoms with E-state index in [-0.39, 0.29) is 29.9 Å². The Hall–Kier alpha value is -1.46. The van der Waals surface area contributed by atoms with Crippen LogP contribution in [0.1, 0.15) is 13.8 Å². The summed E-state index contributed by atoms with van der Waals surface area (Å²) in [5.41, 5.74) is 0. The van der Waals surface area contributed by atoms with Gasteiger partial charge >= 0.3 is 5.09 Å². The van der Waals surface area contributed by atoms with Gasteiger partial charge < -0.3 is 0 Å². The molecule has 0 fully saturated rings. The highest BCUT2D eigenvalue weighted by Crippen LogP contribution is 1.82. The van der Waals surface area contributed by atoms with E-state index in [2.05, 4.69) is 9.68 Å². The summed E-state index contributed by atoms with van der Waals surface area (Å²) in [4.78, 5) is 39.4. The van der Waals surface area contributed by atoms with E-state index < -0.39 is 0 Å². The van der Waals surface area contributed by atoms with Gasteiger partial charge in [0.15, 0.2) is 11.6 Å². The molecule has 0 amide bonds. The first-order valence-corrected chi connectivity index (χ1v) is 3.24. The lowest BCUT2D eigenvalue weighted by atomic mass is 10.5. The molecule has 0 bridgehead atoms. The van der Waals surface area contributed by atoms with Gasteiger partial charge in [0.05, 0.1) is 0 Å². The molecule has 0 unspecified atom stereocenters. The maximum absolute atomic E-state index is 10.4. The molecule has 0 radical (unpaired) electrons. The average Bonchev–Trinajstić information content (AvgIpc) is 1.96. The summed E-state index contributed by atoms with van der Waals surface area (Å²) in [6.45, 7) is 1.81. The smallest absolute Gasteiger partial charge is 0.296 e. The van der Waals surface area contributed by atoms with Gasteiger partial charge in [-0.25, -0.2) is 0 Å². The van der Waals surface area contributed by atoms with Crippen LogP contribution in [-0.2, 0) is 19.3 Å². The van der Waals surface area contributed by atoms with Gasteiger partial charge in [0.2, 0.25) is 13.2 Å². The molecule has 0 aromatic rings. The minimum absolute atomic E-state index is 0.247. The van der Waals surface area contributed by atoms with E-state index in [1.807, 2.05) is 0 Å². The topological polar surface area (TPSA) is 72.7 Å². The molecule has 0 heterocycles. The second kappa shape index (κ2) is 5.22. The largest absolute Gasteiger partial charge is 0.478 e. The molecule has 0 aliphatic heterocycles. The van der Waals surface area contributed by atoms with E-state index in [1.165, 1.54) is 13.8 Å². The van der Waals surface area contributed by atoms with Gasteiger partial charge in [-0.3, -0.25) is 9.59 Å². The van der Waals surface area contributed by atoms with Crippen LogP contribution in [0.4, 0.5) is 0 Å². The fourth-order valence-corrected chi connectivity index (χ4v) is 0.324. The molecule has 0 saturated heterocycles. The highest BCUT2D eigenvalue weighted by atomic mass is 17.0. The van der Waals surface area contributed by atoms with Crippen molar-refractivity contribution in [2.24, 2.45) is 0 Å². The lowest BCUT2D eigenvalue weighted by Crippen LogP contribution is -2.18. The van der Waals surface area contributed by atoms with Crippen LogP contribution in [0.5, 0.6) is 0 Å². The fourth-order valence-electron chi connectivity index (χ4n) is 0.324. The second-order valence-corrected chi connectivity index (χ2v) is 2.17. The third-order valence-electron chi connectivity index (χ3n) is 0.746. The Kier molecular flexibility index (Phi) is 4.59. The first-order chi connectivity index (χ1) is 5.52. The summed E-state index contributed by atoms with van der Waals surface area (Å²) < 4.78 is 0. The number of Topliss-reactive ketones (excluding diaryl/α,β-unsaturated/α-hetero) is 2. The Morgan fingerprint density at radius 1 is 1.08 bits per heavy atom. The van der Waals surface area contributed by atoms with E-state index in [9.17, 15) is 14.5 Å². The standard InChI is InChI=1S/C6H10NO5/c1-5(8)3-11-7(10)12-4-6(2)9/h3-4H2,1-2H3/q+1. The molecule has 0 aromatic heterocycles. The van der Waals surface area contributed by atoms with Gasteiger partial charge in [-0.2, -0.15) is 9.68 Å². The maximum Gasteiger partial charge on any atom is 0.478 e. The van der Waals surface area contributed by atoms with E-state index in [0.29, 0.717) is 0 Å². The Morgan fingerprint density at radius 3 is 1.67 bits per heavy atom. The molecule has 0 aromatic carbocycles. The monoisotopic (exact) mass is 176 g/mol. The molecule has 0 saturated carbocycles. The molecule has 0 atom stereocenters. The molecule has 0 aliphatic rings. The summed E-state index contributed by atoms with van der Waals surface area (Å²) in [6.07, 6.45) is 0. The van der Waals surface area contributed by atoms with Crippen molar-refractivity contribution in [3.05, 3.63) is 4.91 Å². The highest BCUT2D eigenvalue weighted by molar-refractivity contribution is 5.76. The van der Waals surface area contributed by atoms with Crippen LogP contribution in [0.3, 0.4) is 0 Å². The van der Waals surface area contributed by atoms with E-state index in [1.54, 1.807) is 0 Å². The third-order valence-corrected chi connectivity index (χ3v) is 0.746. The molecule has 6 nitrogen and oxygen atoms in total. The Balaban J connectivity index is 3.47. The Bertz CT molecular complexity index is 180. The van der Waals surface area contributed by atoms with Crippen LogP contribution < -0.4 is 0 Å². The van der Waals surface area contributed by atoms with Crippen LogP contribution in [0.2, 0.25) is 0 Å². The number of ketones is 2. The van der Waals surface area contributed by atoms with Crippen molar-refractivity contribution in [2.75, 3.05) is 13.2 Å². The summed E-state index contributed by atoms with van der Waals surface area (Å²) in [7, 11) is 0.